The molecule has 7 heteroatoms. The Morgan fingerprint density at radius 2 is 1.57 bits per heavy atom. The van der Waals surface area contributed by atoms with Gasteiger partial charge in [0.1, 0.15) is 17.5 Å². The summed E-state index contributed by atoms with van der Waals surface area (Å²) in [5.74, 6) is 2.73. The van der Waals surface area contributed by atoms with Crippen molar-refractivity contribution in [2.75, 3.05) is 62.3 Å². The molecule has 0 bridgehead atoms. The number of rotatable bonds is 4. The van der Waals surface area contributed by atoms with Crippen LogP contribution in [0.5, 0.6) is 0 Å². The average molecular weight is 408 g/mol. The van der Waals surface area contributed by atoms with E-state index in [4.69, 9.17) is 4.74 Å². The number of hydrogen-bond donors (Lipinski definition) is 0. The topological polar surface area (TPSA) is 61.8 Å². The summed E-state index contributed by atoms with van der Waals surface area (Å²) >= 11 is 0. The third kappa shape index (κ3) is 4.79. The minimum atomic E-state index is 0.0609. The summed E-state index contributed by atoms with van der Waals surface area (Å²) in [6.07, 6.45) is 3.59. The zero-order chi connectivity index (χ0) is 20.9. The zero-order valence-electron chi connectivity index (χ0n) is 17.8. The van der Waals surface area contributed by atoms with E-state index in [1.807, 2.05) is 36.1 Å². The maximum atomic E-state index is 12.6. The molecule has 0 atom stereocenters. The maximum Gasteiger partial charge on any atom is 0.246 e. The Morgan fingerprint density at radius 1 is 0.933 bits per heavy atom. The average Bonchev–Trinajstić information content (AvgIpc) is 2.78. The van der Waals surface area contributed by atoms with Crippen LogP contribution in [0.3, 0.4) is 0 Å². The molecule has 0 unspecified atom stereocenters. The molecule has 0 radical (unpaired) electrons. The lowest BCUT2D eigenvalue weighted by molar-refractivity contribution is -0.126. The Kier molecular flexibility index (Phi) is 6.28. The number of amides is 1. The van der Waals surface area contributed by atoms with E-state index in [1.165, 1.54) is 5.56 Å². The smallest absolute Gasteiger partial charge is 0.246 e. The van der Waals surface area contributed by atoms with Crippen molar-refractivity contribution in [3.8, 4) is 0 Å². The summed E-state index contributed by atoms with van der Waals surface area (Å²) in [4.78, 5) is 28.3. The Morgan fingerprint density at radius 3 is 2.23 bits per heavy atom. The summed E-state index contributed by atoms with van der Waals surface area (Å²) in [6, 6.07) is 10.1. The first kappa shape index (κ1) is 20.3. The first-order chi connectivity index (χ1) is 14.6. The number of aromatic nitrogens is 2. The fourth-order valence-corrected chi connectivity index (χ4v) is 3.85. The number of carbonyl (C=O) groups excluding carboxylic acids is 1. The van der Waals surface area contributed by atoms with Crippen LogP contribution in [0.2, 0.25) is 0 Å². The van der Waals surface area contributed by atoms with Gasteiger partial charge in [-0.05, 0) is 31.1 Å². The summed E-state index contributed by atoms with van der Waals surface area (Å²) < 4.78 is 5.45. The monoisotopic (exact) mass is 407 g/mol. The SMILES string of the molecule is Cc1nc(N2CCOCC2)cc(N2CCN(C(=O)/C=C/c3ccccc3C)CC2)n1. The Labute approximate surface area is 178 Å². The summed E-state index contributed by atoms with van der Waals surface area (Å²) in [6.45, 7) is 10.1. The number of nitrogens with zero attached hydrogens (tertiary/aromatic N) is 5. The molecule has 2 aromatic rings. The highest BCUT2D eigenvalue weighted by molar-refractivity contribution is 5.92. The van der Waals surface area contributed by atoms with Crippen molar-refractivity contribution in [3.05, 3.63) is 53.4 Å². The summed E-state index contributed by atoms with van der Waals surface area (Å²) in [5, 5.41) is 0. The molecule has 158 valence electrons. The molecule has 4 rings (SSSR count). The first-order valence-corrected chi connectivity index (χ1v) is 10.6. The van der Waals surface area contributed by atoms with E-state index in [1.54, 1.807) is 6.08 Å². The number of anilines is 2. The second kappa shape index (κ2) is 9.26. The lowest BCUT2D eigenvalue weighted by atomic mass is 10.1. The zero-order valence-corrected chi connectivity index (χ0v) is 17.8. The third-order valence-electron chi connectivity index (χ3n) is 5.66. The van der Waals surface area contributed by atoms with Gasteiger partial charge >= 0.3 is 0 Å². The molecule has 30 heavy (non-hydrogen) atoms. The van der Waals surface area contributed by atoms with Gasteiger partial charge < -0.3 is 19.4 Å². The number of hydrogen-bond acceptors (Lipinski definition) is 6. The highest BCUT2D eigenvalue weighted by atomic mass is 16.5. The fraction of sp³-hybridized carbons (Fsp3) is 0.435. The van der Waals surface area contributed by atoms with Gasteiger partial charge in [0.15, 0.2) is 0 Å². The van der Waals surface area contributed by atoms with Crippen LogP contribution in [0.1, 0.15) is 17.0 Å². The largest absolute Gasteiger partial charge is 0.378 e. The molecule has 1 aromatic carbocycles. The highest BCUT2D eigenvalue weighted by Gasteiger charge is 2.22. The van der Waals surface area contributed by atoms with Crippen molar-refractivity contribution in [1.82, 2.24) is 14.9 Å². The van der Waals surface area contributed by atoms with Gasteiger partial charge in [-0.3, -0.25) is 4.79 Å². The molecule has 2 saturated heterocycles. The standard InChI is InChI=1S/C23H29N5O2/c1-18-5-3-4-6-20(18)7-8-23(29)28-11-9-26(10-12-28)21-17-22(25-19(2)24-21)27-13-15-30-16-14-27/h3-8,17H,9-16H2,1-2H3/b8-7+. The molecule has 2 aliphatic rings. The predicted octanol–water partition coefficient (Wildman–Crippen LogP) is 2.29. The number of aryl methyl sites for hydroxylation is 2. The molecular weight excluding hydrogens is 378 g/mol. The Balaban J connectivity index is 1.38. The van der Waals surface area contributed by atoms with Crippen molar-refractivity contribution < 1.29 is 9.53 Å². The van der Waals surface area contributed by atoms with Gasteiger partial charge in [0.05, 0.1) is 13.2 Å². The van der Waals surface area contributed by atoms with E-state index in [-0.39, 0.29) is 5.91 Å². The molecule has 7 nitrogen and oxygen atoms in total. The second-order valence-corrected chi connectivity index (χ2v) is 7.73. The molecule has 0 aliphatic carbocycles. The van der Waals surface area contributed by atoms with Crippen LogP contribution < -0.4 is 9.80 Å². The number of benzene rings is 1. The Bertz CT molecular complexity index is 916. The lowest BCUT2D eigenvalue weighted by Crippen LogP contribution is -2.48. The van der Waals surface area contributed by atoms with Crippen molar-refractivity contribution in [1.29, 1.82) is 0 Å². The predicted molar refractivity (Wildman–Crippen MR) is 119 cm³/mol. The van der Waals surface area contributed by atoms with Crippen molar-refractivity contribution in [2.24, 2.45) is 0 Å². The first-order valence-electron chi connectivity index (χ1n) is 10.6. The van der Waals surface area contributed by atoms with E-state index >= 15 is 0 Å². The summed E-state index contributed by atoms with van der Waals surface area (Å²) in [7, 11) is 0. The summed E-state index contributed by atoms with van der Waals surface area (Å²) in [5.41, 5.74) is 2.25. The Hall–Kier alpha value is -2.93. The van der Waals surface area contributed by atoms with Gasteiger partial charge in [-0.1, -0.05) is 24.3 Å². The van der Waals surface area contributed by atoms with Crippen molar-refractivity contribution in [2.45, 2.75) is 13.8 Å². The minimum Gasteiger partial charge on any atom is -0.378 e. The van der Waals surface area contributed by atoms with Crippen LogP contribution >= 0.6 is 0 Å². The van der Waals surface area contributed by atoms with Crippen LogP contribution in [0.15, 0.2) is 36.4 Å². The van der Waals surface area contributed by atoms with Crippen LogP contribution in [-0.4, -0.2) is 73.3 Å². The quantitative estimate of drug-likeness (QED) is 0.725. The molecular formula is C23H29N5O2. The van der Waals surface area contributed by atoms with Gasteiger partial charge in [0, 0.05) is 51.4 Å². The molecule has 0 saturated carbocycles. The van der Waals surface area contributed by atoms with Gasteiger partial charge in [0.2, 0.25) is 5.91 Å². The highest BCUT2D eigenvalue weighted by Crippen LogP contribution is 2.21. The molecule has 2 fully saturated rings. The minimum absolute atomic E-state index is 0.0609. The van der Waals surface area contributed by atoms with E-state index in [0.717, 1.165) is 62.4 Å². The molecule has 0 spiro atoms. The van der Waals surface area contributed by atoms with E-state index in [9.17, 15) is 4.79 Å². The van der Waals surface area contributed by atoms with Crippen LogP contribution in [0.4, 0.5) is 11.6 Å². The van der Waals surface area contributed by atoms with Gasteiger partial charge in [-0.15, -0.1) is 0 Å². The number of piperazine rings is 1. The van der Waals surface area contributed by atoms with Crippen LogP contribution in [0.25, 0.3) is 6.08 Å². The molecule has 0 N–H and O–H groups in total. The van der Waals surface area contributed by atoms with Gasteiger partial charge in [-0.2, -0.15) is 0 Å². The number of carbonyl (C=O) groups is 1. The molecule has 3 heterocycles. The molecule has 2 aliphatic heterocycles. The third-order valence-corrected chi connectivity index (χ3v) is 5.66. The van der Waals surface area contributed by atoms with E-state index in [0.29, 0.717) is 13.1 Å². The second-order valence-electron chi connectivity index (χ2n) is 7.73. The van der Waals surface area contributed by atoms with Gasteiger partial charge in [0.25, 0.3) is 0 Å². The van der Waals surface area contributed by atoms with E-state index < -0.39 is 0 Å². The van der Waals surface area contributed by atoms with Crippen LogP contribution in [-0.2, 0) is 9.53 Å². The maximum absolute atomic E-state index is 12.6. The number of morpholine rings is 1. The lowest BCUT2D eigenvalue weighted by Gasteiger charge is -2.35. The molecule has 1 amide bonds. The van der Waals surface area contributed by atoms with Gasteiger partial charge in [-0.25, -0.2) is 9.97 Å². The van der Waals surface area contributed by atoms with Crippen molar-refractivity contribution in [3.63, 3.8) is 0 Å². The fourth-order valence-electron chi connectivity index (χ4n) is 3.85. The molecule has 1 aromatic heterocycles. The van der Waals surface area contributed by atoms with E-state index in [2.05, 4.69) is 38.8 Å². The van der Waals surface area contributed by atoms with Crippen LogP contribution in [0, 0.1) is 13.8 Å². The number of ether oxygens (including phenoxy) is 1. The van der Waals surface area contributed by atoms with Crippen molar-refractivity contribution >= 4 is 23.6 Å². The normalized spacial score (nSPS) is 17.6.